The van der Waals surface area contributed by atoms with Crippen molar-refractivity contribution < 1.29 is 65.9 Å². The average Bonchev–Trinajstić information content (AvgIpc) is 3.33. The highest BCUT2D eigenvalue weighted by Crippen LogP contribution is 2.46. The minimum absolute atomic E-state index is 0.121. The maximum Gasteiger partial charge on any atom is 0.252 e. The third-order valence-electron chi connectivity index (χ3n) is 11.6. The van der Waals surface area contributed by atoms with Crippen molar-refractivity contribution in [3.8, 4) is 33.4 Å². The van der Waals surface area contributed by atoms with Gasteiger partial charge in [-0.05, 0) is 81.6 Å². The summed E-state index contributed by atoms with van der Waals surface area (Å²) in [6, 6.07) is 24.6. The third-order valence-corrected chi connectivity index (χ3v) is 11.6. The van der Waals surface area contributed by atoms with Crippen LogP contribution in [0.1, 0.15) is 0 Å². The fourth-order valence-corrected chi connectivity index (χ4v) is 8.75. The lowest BCUT2D eigenvalue weighted by Crippen LogP contribution is -2.61. The SMILES string of the molecule is Fc1c(F)c(F)c(-c2ccc(N3c4ccc(-c5c(F)c(F)c(F)c(F)c5F)cc4B4c5ccccc5N(c5cccc(-c6c(F)c(F)c(F)c(F)c6F)c5)c5cccc3c54)cc2)c(F)c1F. The molecule has 66 heavy (non-hydrogen) atoms. The molecule has 0 atom stereocenters. The minimum atomic E-state index is -2.39. The lowest BCUT2D eigenvalue weighted by Gasteiger charge is -2.44. The Kier molecular flexibility index (Phi) is 9.78. The predicted molar refractivity (Wildman–Crippen MR) is 216 cm³/mol. The Balaban J connectivity index is 1.22. The summed E-state index contributed by atoms with van der Waals surface area (Å²) in [4.78, 5) is 3.12. The predicted octanol–water partition coefficient (Wildman–Crippen LogP) is 12.9. The second-order valence-corrected chi connectivity index (χ2v) is 15.1. The van der Waals surface area contributed by atoms with Gasteiger partial charge in [0.2, 0.25) is 17.5 Å². The Morgan fingerprint density at radius 1 is 0.273 bits per heavy atom. The molecule has 2 nitrogen and oxygen atoms in total. The fourth-order valence-electron chi connectivity index (χ4n) is 8.75. The van der Waals surface area contributed by atoms with Crippen LogP contribution in [-0.2, 0) is 0 Å². The van der Waals surface area contributed by atoms with Crippen LogP contribution in [0.5, 0.6) is 0 Å². The first kappa shape index (κ1) is 42.3. The Bertz CT molecular complexity index is 3330. The topological polar surface area (TPSA) is 6.48 Å². The summed E-state index contributed by atoms with van der Waals surface area (Å²) in [5, 5.41) is 0. The molecule has 0 aliphatic carbocycles. The van der Waals surface area contributed by atoms with Crippen molar-refractivity contribution in [1.82, 2.24) is 0 Å². The van der Waals surface area contributed by atoms with Crippen LogP contribution in [0, 0.1) is 87.3 Å². The van der Waals surface area contributed by atoms with E-state index in [1.807, 2.05) is 0 Å². The van der Waals surface area contributed by atoms with Gasteiger partial charge in [-0.25, -0.2) is 65.9 Å². The molecule has 0 bridgehead atoms. The van der Waals surface area contributed by atoms with Gasteiger partial charge in [0.15, 0.2) is 69.8 Å². The van der Waals surface area contributed by atoms with Gasteiger partial charge in [0.25, 0.3) is 6.71 Å². The molecule has 8 aromatic rings. The van der Waals surface area contributed by atoms with Gasteiger partial charge in [-0.3, -0.25) is 0 Å². The molecule has 8 aromatic carbocycles. The average molecular weight is 918 g/mol. The molecule has 10 rings (SSSR count). The standard InChI is InChI=1S/C48H18BF15N2/c50-34-30(35(51)41(57)46(62)40(34)56)19-11-14-22(15-12-19)65-27-16-13-21(32-38(54)44(60)48(64)45(61)39(32)55)18-25(27)49-24-7-1-2-8-26(24)66(29-10-4-9-28(65)33(29)49)23-6-3-5-20(17-23)31-36(52)42(58)47(63)43(59)37(31)53/h1-18H. The number of fused-ring (bicyclic) bond motifs is 4. The number of benzene rings is 8. The molecule has 2 aliphatic rings. The summed E-state index contributed by atoms with van der Waals surface area (Å²) in [6.07, 6.45) is 0. The normalized spacial score (nSPS) is 12.7. The van der Waals surface area contributed by atoms with E-state index in [9.17, 15) is 48.3 Å². The number of anilines is 6. The Morgan fingerprint density at radius 2 is 0.652 bits per heavy atom. The number of nitrogens with zero attached hydrogens (tertiary/aromatic N) is 2. The fraction of sp³-hybridized carbons (Fsp3) is 0. The Labute approximate surface area is 362 Å². The quantitative estimate of drug-likeness (QED) is 0.0735. The first-order valence-corrected chi connectivity index (χ1v) is 19.2. The molecule has 328 valence electrons. The van der Waals surface area contributed by atoms with Gasteiger partial charge >= 0.3 is 0 Å². The van der Waals surface area contributed by atoms with Crippen LogP contribution in [0.3, 0.4) is 0 Å². The molecule has 18 heteroatoms. The molecule has 0 saturated carbocycles. The molecule has 2 heterocycles. The lowest BCUT2D eigenvalue weighted by atomic mass is 9.33. The molecular weight excluding hydrogens is 900 g/mol. The molecule has 0 amide bonds. The monoisotopic (exact) mass is 918 g/mol. The van der Waals surface area contributed by atoms with Crippen molar-refractivity contribution >= 4 is 57.2 Å². The van der Waals surface area contributed by atoms with E-state index in [-0.39, 0.29) is 22.5 Å². The maximum absolute atomic E-state index is 15.4. The van der Waals surface area contributed by atoms with Crippen molar-refractivity contribution in [1.29, 1.82) is 0 Å². The van der Waals surface area contributed by atoms with Gasteiger partial charge < -0.3 is 9.80 Å². The van der Waals surface area contributed by atoms with Crippen molar-refractivity contribution in [3.05, 3.63) is 196 Å². The molecular formula is C48H18BF15N2. The highest BCUT2D eigenvalue weighted by atomic mass is 19.2. The molecule has 0 unspecified atom stereocenters. The van der Waals surface area contributed by atoms with Crippen molar-refractivity contribution in [2.75, 3.05) is 9.80 Å². The zero-order valence-electron chi connectivity index (χ0n) is 32.5. The number of hydrogen-bond donors (Lipinski definition) is 0. The first-order chi connectivity index (χ1) is 31.5. The van der Waals surface area contributed by atoms with Crippen LogP contribution in [0.15, 0.2) is 109 Å². The highest BCUT2D eigenvalue weighted by Gasteiger charge is 2.44. The molecule has 0 spiro atoms. The first-order valence-electron chi connectivity index (χ1n) is 19.2. The number of hydrogen-bond acceptors (Lipinski definition) is 2. The van der Waals surface area contributed by atoms with Crippen LogP contribution >= 0.6 is 0 Å². The summed E-state index contributed by atoms with van der Waals surface area (Å²) in [7, 11) is 0. The Morgan fingerprint density at radius 3 is 1.17 bits per heavy atom. The van der Waals surface area contributed by atoms with E-state index in [0.717, 1.165) is 24.3 Å². The van der Waals surface area contributed by atoms with Crippen LogP contribution in [0.25, 0.3) is 33.4 Å². The molecule has 0 radical (unpaired) electrons. The molecule has 0 saturated heterocycles. The molecule has 2 aliphatic heterocycles. The summed E-state index contributed by atoms with van der Waals surface area (Å²) >= 11 is 0. The van der Waals surface area contributed by atoms with Crippen LogP contribution in [0.2, 0.25) is 0 Å². The van der Waals surface area contributed by atoms with Crippen molar-refractivity contribution in [3.63, 3.8) is 0 Å². The van der Waals surface area contributed by atoms with Gasteiger partial charge in [-0.15, -0.1) is 0 Å². The van der Waals surface area contributed by atoms with Gasteiger partial charge in [-0.1, -0.05) is 60.7 Å². The summed E-state index contributed by atoms with van der Waals surface area (Å²) < 4.78 is 220. The second kappa shape index (κ2) is 15.2. The third kappa shape index (κ3) is 5.96. The Hall–Kier alpha value is -7.63. The van der Waals surface area contributed by atoms with E-state index in [0.29, 0.717) is 28.0 Å². The van der Waals surface area contributed by atoms with E-state index < -0.39 is 127 Å². The van der Waals surface area contributed by atoms with E-state index in [2.05, 4.69) is 0 Å². The summed E-state index contributed by atoms with van der Waals surface area (Å²) in [5.74, 6) is -32.9. The number of para-hydroxylation sites is 1. The lowest BCUT2D eigenvalue weighted by molar-refractivity contribution is 0.381. The zero-order valence-corrected chi connectivity index (χ0v) is 32.5. The highest BCUT2D eigenvalue weighted by molar-refractivity contribution is 7.00. The smallest absolute Gasteiger partial charge is 0.252 e. The van der Waals surface area contributed by atoms with Crippen molar-refractivity contribution in [2.24, 2.45) is 0 Å². The summed E-state index contributed by atoms with van der Waals surface area (Å²) in [5.41, 5.74) is -2.59. The van der Waals surface area contributed by atoms with Gasteiger partial charge in [-0.2, -0.15) is 0 Å². The number of rotatable bonds is 5. The zero-order chi connectivity index (χ0) is 46.8. The maximum atomic E-state index is 15.4. The molecule has 0 aromatic heterocycles. The second-order valence-electron chi connectivity index (χ2n) is 15.1. The van der Waals surface area contributed by atoms with E-state index >= 15 is 17.6 Å². The van der Waals surface area contributed by atoms with Crippen molar-refractivity contribution in [2.45, 2.75) is 0 Å². The van der Waals surface area contributed by atoms with Crippen LogP contribution in [-0.4, -0.2) is 6.71 Å². The van der Waals surface area contributed by atoms with Crippen LogP contribution < -0.4 is 26.2 Å². The van der Waals surface area contributed by atoms with E-state index in [1.165, 1.54) is 47.4 Å². The number of halogens is 15. The molecule has 0 N–H and O–H groups in total. The van der Waals surface area contributed by atoms with Gasteiger partial charge in [0.1, 0.15) is 0 Å². The van der Waals surface area contributed by atoms with E-state index in [4.69, 9.17) is 0 Å². The van der Waals surface area contributed by atoms with Crippen LogP contribution in [0.4, 0.5) is 100.0 Å². The van der Waals surface area contributed by atoms with Gasteiger partial charge in [0.05, 0.1) is 16.7 Å². The van der Waals surface area contributed by atoms with Gasteiger partial charge in [0, 0.05) is 34.1 Å². The van der Waals surface area contributed by atoms with E-state index in [1.54, 1.807) is 47.4 Å². The minimum Gasteiger partial charge on any atom is -0.311 e. The molecule has 0 fully saturated rings. The summed E-state index contributed by atoms with van der Waals surface area (Å²) in [6.45, 7) is -0.956. The largest absolute Gasteiger partial charge is 0.311 e.